The van der Waals surface area contributed by atoms with Crippen molar-refractivity contribution in [2.75, 3.05) is 20.2 Å². The Kier molecular flexibility index (Phi) is 6.94. The first-order valence-electron chi connectivity index (χ1n) is 6.87. The van der Waals surface area contributed by atoms with Crippen molar-refractivity contribution in [3.8, 4) is 0 Å². The van der Waals surface area contributed by atoms with Crippen molar-refractivity contribution in [2.45, 2.75) is 26.8 Å². The van der Waals surface area contributed by atoms with Crippen molar-refractivity contribution in [2.24, 2.45) is 5.92 Å². The lowest BCUT2D eigenvalue weighted by Gasteiger charge is -2.15. The maximum absolute atomic E-state index is 11.8. The molecular formula is C16H23NO3. The average Bonchev–Trinajstić information content (AvgIpc) is 2.37. The molecule has 0 aliphatic carbocycles. The largest absolute Gasteiger partial charge is 0.465 e. The molecule has 0 fully saturated rings. The number of carbonyl (C=O) groups is 2. The van der Waals surface area contributed by atoms with Crippen LogP contribution in [-0.2, 0) is 20.9 Å². The van der Waals surface area contributed by atoms with Crippen molar-refractivity contribution in [1.29, 1.82) is 0 Å². The van der Waals surface area contributed by atoms with Crippen molar-refractivity contribution < 1.29 is 14.3 Å². The number of carbonyl (C=O) groups excluding carboxylic acids is 2. The van der Waals surface area contributed by atoms with Crippen LogP contribution in [0.15, 0.2) is 30.3 Å². The number of esters is 1. The van der Waals surface area contributed by atoms with Gasteiger partial charge in [-0.2, -0.15) is 0 Å². The normalized spacial score (nSPS) is 10.8. The number of Topliss-reactive ketones (excluding diaryl/α,β-unsaturated/α-hetero) is 1. The van der Waals surface area contributed by atoms with E-state index in [1.807, 2.05) is 56.1 Å². The van der Waals surface area contributed by atoms with Gasteiger partial charge < -0.3 is 4.74 Å². The summed E-state index contributed by atoms with van der Waals surface area (Å²) in [6, 6.07) is 9.91. The van der Waals surface area contributed by atoms with Crippen LogP contribution in [0, 0.1) is 5.92 Å². The van der Waals surface area contributed by atoms with Gasteiger partial charge in [0.15, 0.2) is 5.78 Å². The SMILES string of the molecule is CC(C)COC(=O)CC(=O)CN(C)Cc1ccccc1. The van der Waals surface area contributed by atoms with Gasteiger partial charge in [0.05, 0.1) is 13.2 Å². The summed E-state index contributed by atoms with van der Waals surface area (Å²) in [5.74, 6) is -0.260. The summed E-state index contributed by atoms with van der Waals surface area (Å²) in [7, 11) is 1.87. The van der Waals surface area contributed by atoms with Gasteiger partial charge in [0.1, 0.15) is 6.42 Å². The van der Waals surface area contributed by atoms with E-state index in [1.54, 1.807) is 0 Å². The molecule has 1 aromatic rings. The molecule has 1 rings (SSSR count). The van der Waals surface area contributed by atoms with Crippen molar-refractivity contribution in [3.63, 3.8) is 0 Å². The molecule has 20 heavy (non-hydrogen) atoms. The molecule has 0 saturated heterocycles. The van der Waals surface area contributed by atoms with E-state index in [-0.39, 0.29) is 24.7 Å². The predicted octanol–water partition coefficient (Wildman–Crippen LogP) is 2.28. The van der Waals surface area contributed by atoms with Gasteiger partial charge in [-0.05, 0) is 18.5 Å². The summed E-state index contributed by atoms with van der Waals surface area (Å²) in [6.07, 6.45) is -0.147. The van der Waals surface area contributed by atoms with Crippen LogP contribution in [0.3, 0.4) is 0 Å². The molecule has 0 radical (unpaired) electrons. The molecule has 0 atom stereocenters. The fraction of sp³-hybridized carbons (Fsp3) is 0.500. The number of likely N-dealkylation sites (N-methyl/N-ethyl adjacent to an activating group) is 1. The minimum Gasteiger partial charge on any atom is -0.465 e. The van der Waals surface area contributed by atoms with Crippen LogP contribution in [0.1, 0.15) is 25.8 Å². The van der Waals surface area contributed by atoms with Crippen molar-refractivity contribution >= 4 is 11.8 Å². The molecule has 0 heterocycles. The lowest BCUT2D eigenvalue weighted by atomic mass is 10.2. The number of benzene rings is 1. The van der Waals surface area contributed by atoms with Crippen molar-refractivity contribution in [1.82, 2.24) is 4.90 Å². The maximum Gasteiger partial charge on any atom is 0.313 e. The first-order valence-corrected chi connectivity index (χ1v) is 6.87. The minimum atomic E-state index is -0.434. The zero-order valence-corrected chi connectivity index (χ0v) is 12.5. The van der Waals surface area contributed by atoms with E-state index < -0.39 is 5.97 Å². The number of nitrogens with zero attached hydrogens (tertiary/aromatic N) is 1. The van der Waals surface area contributed by atoms with Crippen LogP contribution in [0.25, 0.3) is 0 Å². The molecule has 0 amide bonds. The highest BCUT2D eigenvalue weighted by atomic mass is 16.5. The van der Waals surface area contributed by atoms with Crippen LogP contribution < -0.4 is 0 Å². The second-order valence-electron chi connectivity index (χ2n) is 5.45. The van der Waals surface area contributed by atoms with E-state index in [4.69, 9.17) is 4.74 Å². The molecule has 0 unspecified atom stereocenters. The summed E-state index contributed by atoms with van der Waals surface area (Å²) in [5, 5.41) is 0. The molecule has 4 heteroatoms. The molecule has 0 spiro atoms. The van der Waals surface area contributed by atoms with Crippen LogP contribution in [-0.4, -0.2) is 36.9 Å². The standard InChI is InChI=1S/C16H23NO3/c1-13(2)12-20-16(19)9-15(18)11-17(3)10-14-7-5-4-6-8-14/h4-8,13H,9-12H2,1-3H3. The Bertz CT molecular complexity index is 429. The molecule has 4 nitrogen and oxygen atoms in total. The van der Waals surface area contributed by atoms with Gasteiger partial charge in [-0.3, -0.25) is 14.5 Å². The zero-order chi connectivity index (χ0) is 15.0. The fourth-order valence-electron chi connectivity index (χ4n) is 1.78. The lowest BCUT2D eigenvalue weighted by Crippen LogP contribution is -2.27. The smallest absolute Gasteiger partial charge is 0.313 e. The van der Waals surface area contributed by atoms with Gasteiger partial charge in [0.2, 0.25) is 0 Å². The topological polar surface area (TPSA) is 46.6 Å². The van der Waals surface area contributed by atoms with E-state index in [1.165, 1.54) is 0 Å². The second-order valence-corrected chi connectivity index (χ2v) is 5.45. The average molecular weight is 277 g/mol. The molecular weight excluding hydrogens is 254 g/mol. The van der Waals surface area contributed by atoms with Gasteiger partial charge in [-0.25, -0.2) is 0 Å². The third-order valence-electron chi connectivity index (χ3n) is 2.66. The third-order valence-corrected chi connectivity index (χ3v) is 2.66. The quantitative estimate of drug-likeness (QED) is 0.540. The van der Waals surface area contributed by atoms with Gasteiger partial charge in [-0.15, -0.1) is 0 Å². The van der Waals surface area contributed by atoms with Gasteiger partial charge >= 0.3 is 5.97 Å². The van der Waals surface area contributed by atoms with E-state index in [2.05, 4.69) is 0 Å². The second kappa shape index (κ2) is 8.48. The van der Waals surface area contributed by atoms with Crippen LogP contribution in [0.5, 0.6) is 0 Å². The molecule has 0 N–H and O–H groups in total. The molecule has 0 saturated carbocycles. The highest BCUT2D eigenvalue weighted by Gasteiger charge is 2.13. The number of ether oxygens (including phenoxy) is 1. The van der Waals surface area contributed by atoms with Crippen LogP contribution in [0.4, 0.5) is 0 Å². The summed E-state index contributed by atoms with van der Waals surface area (Å²) >= 11 is 0. The van der Waals surface area contributed by atoms with Gasteiger partial charge in [0.25, 0.3) is 0 Å². The Labute approximate surface area is 120 Å². The van der Waals surface area contributed by atoms with E-state index in [0.29, 0.717) is 13.2 Å². The van der Waals surface area contributed by atoms with E-state index in [0.717, 1.165) is 5.56 Å². The lowest BCUT2D eigenvalue weighted by molar-refractivity contribution is -0.147. The Morgan fingerprint density at radius 1 is 1.20 bits per heavy atom. The summed E-state index contributed by atoms with van der Waals surface area (Å²) in [6.45, 7) is 5.23. The van der Waals surface area contributed by atoms with E-state index in [9.17, 15) is 9.59 Å². The molecule has 0 aliphatic rings. The summed E-state index contributed by atoms with van der Waals surface area (Å²) in [4.78, 5) is 25.1. The summed E-state index contributed by atoms with van der Waals surface area (Å²) in [5.41, 5.74) is 1.14. The third kappa shape index (κ3) is 7.04. The number of ketones is 1. The monoisotopic (exact) mass is 277 g/mol. The highest BCUT2D eigenvalue weighted by molar-refractivity contribution is 5.96. The molecule has 110 valence electrons. The Morgan fingerprint density at radius 2 is 1.85 bits per heavy atom. The molecule has 0 bridgehead atoms. The minimum absolute atomic E-state index is 0.114. The summed E-state index contributed by atoms with van der Waals surface area (Å²) < 4.78 is 5.00. The Balaban J connectivity index is 2.29. The first kappa shape index (κ1) is 16.4. The number of hydrogen-bond acceptors (Lipinski definition) is 4. The first-order chi connectivity index (χ1) is 9.47. The van der Waals surface area contributed by atoms with Gasteiger partial charge in [-0.1, -0.05) is 44.2 Å². The molecule has 1 aromatic carbocycles. The number of hydrogen-bond donors (Lipinski definition) is 0. The molecule has 0 aliphatic heterocycles. The fourth-order valence-corrected chi connectivity index (χ4v) is 1.78. The van der Waals surface area contributed by atoms with Crippen molar-refractivity contribution in [3.05, 3.63) is 35.9 Å². The number of rotatable bonds is 8. The maximum atomic E-state index is 11.8. The Hall–Kier alpha value is -1.68. The predicted molar refractivity (Wildman–Crippen MR) is 78.2 cm³/mol. The van der Waals surface area contributed by atoms with Gasteiger partial charge in [0, 0.05) is 6.54 Å². The van der Waals surface area contributed by atoms with E-state index >= 15 is 0 Å². The van der Waals surface area contributed by atoms with Crippen LogP contribution >= 0.6 is 0 Å². The Morgan fingerprint density at radius 3 is 2.45 bits per heavy atom. The molecule has 0 aromatic heterocycles. The zero-order valence-electron chi connectivity index (χ0n) is 12.5. The highest BCUT2D eigenvalue weighted by Crippen LogP contribution is 2.03. The van der Waals surface area contributed by atoms with Crippen LogP contribution in [0.2, 0.25) is 0 Å².